The topological polar surface area (TPSA) is 110 Å². The second-order valence-electron chi connectivity index (χ2n) is 4.54. The maximum absolute atomic E-state index is 12.0. The van der Waals surface area contributed by atoms with E-state index in [2.05, 4.69) is 4.72 Å². The fourth-order valence-electron chi connectivity index (χ4n) is 1.32. The quantitative estimate of drug-likeness (QED) is 0.610. The number of nitrogens with one attached hydrogen (secondary N) is 1. The third-order valence-electron chi connectivity index (χ3n) is 2.67. The molecule has 0 radical (unpaired) electrons. The van der Waals surface area contributed by atoms with E-state index in [1.807, 2.05) is 0 Å². The predicted octanol–water partition coefficient (Wildman–Crippen LogP) is 1.54. The highest BCUT2D eigenvalue weighted by Crippen LogP contribution is 2.26. The lowest BCUT2D eigenvalue weighted by Gasteiger charge is -2.15. The molecular weight excluding hydrogens is 308 g/mol. The van der Waals surface area contributed by atoms with Crippen LogP contribution in [0.5, 0.6) is 0 Å². The zero-order valence-corrected chi connectivity index (χ0v) is 12.5. The van der Waals surface area contributed by atoms with E-state index in [4.69, 9.17) is 11.6 Å². The molecule has 0 aliphatic carbocycles. The fraction of sp³-hybridized carbons (Fsp3) is 0.455. The van der Waals surface area contributed by atoms with Gasteiger partial charge in [0, 0.05) is 18.7 Å². The molecule has 2 N–H and O–H groups in total. The van der Waals surface area contributed by atoms with Gasteiger partial charge in [-0.1, -0.05) is 25.4 Å². The van der Waals surface area contributed by atoms with Crippen LogP contribution in [0, 0.1) is 16.0 Å². The third-order valence-corrected chi connectivity index (χ3v) is 4.57. The van der Waals surface area contributed by atoms with E-state index < -0.39 is 21.1 Å². The third kappa shape index (κ3) is 4.14. The van der Waals surface area contributed by atoms with Crippen molar-refractivity contribution >= 4 is 27.3 Å². The van der Waals surface area contributed by atoms with Crippen molar-refractivity contribution in [2.24, 2.45) is 5.92 Å². The van der Waals surface area contributed by atoms with Gasteiger partial charge < -0.3 is 5.11 Å². The molecule has 0 heterocycles. The van der Waals surface area contributed by atoms with Gasteiger partial charge in [0.1, 0.15) is 4.90 Å². The summed E-state index contributed by atoms with van der Waals surface area (Å²) in [5.41, 5.74) is -0.376. The Kier molecular flexibility index (Phi) is 5.46. The van der Waals surface area contributed by atoms with Gasteiger partial charge in [0.2, 0.25) is 10.0 Å². The molecule has 1 atom stereocenters. The number of nitro groups is 1. The Morgan fingerprint density at radius 3 is 2.55 bits per heavy atom. The number of aliphatic hydroxyl groups is 1. The van der Waals surface area contributed by atoms with Crippen LogP contribution in [0.25, 0.3) is 0 Å². The van der Waals surface area contributed by atoms with Crippen molar-refractivity contribution < 1.29 is 18.4 Å². The predicted molar refractivity (Wildman–Crippen MR) is 74.1 cm³/mol. The molecule has 1 aromatic rings. The first kappa shape index (κ1) is 16.8. The lowest BCUT2D eigenvalue weighted by atomic mass is 10.1. The van der Waals surface area contributed by atoms with Crippen molar-refractivity contribution in [3.8, 4) is 0 Å². The van der Waals surface area contributed by atoms with E-state index in [1.165, 1.54) is 0 Å². The van der Waals surface area contributed by atoms with Crippen molar-refractivity contribution in [3.05, 3.63) is 33.3 Å². The van der Waals surface area contributed by atoms with Crippen LogP contribution in [-0.2, 0) is 10.0 Å². The van der Waals surface area contributed by atoms with E-state index >= 15 is 0 Å². The number of halogens is 1. The molecule has 0 aliphatic heterocycles. The van der Waals surface area contributed by atoms with Crippen LogP contribution in [0.15, 0.2) is 23.1 Å². The van der Waals surface area contributed by atoms with E-state index in [0.717, 1.165) is 18.2 Å². The summed E-state index contributed by atoms with van der Waals surface area (Å²) in [6.45, 7) is 3.28. The maximum Gasteiger partial charge on any atom is 0.270 e. The second-order valence-corrected chi connectivity index (χ2v) is 6.68. The monoisotopic (exact) mass is 322 g/mol. The van der Waals surface area contributed by atoms with E-state index in [1.54, 1.807) is 13.8 Å². The van der Waals surface area contributed by atoms with Crippen molar-refractivity contribution in [1.82, 2.24) is 4.72 Å². The molecule has 7 nitrogen and oxygen atoms in total. The van der Waals surface area contributed by atoms with Crippen LogP contribution < -0.4 is 4.72 Å². The smallest absolute Gasteiger partial charge is 0.270 e. The maximum atomic E-state index is 12.0. The number of hydrogen-bond acceptors (Lipinski definition) is 5. The standard InChI is InChI=1S/C11H15ClN2O5S/c1-7(2)10(15)6-13-20(18,19)11-5-8(14(16)17)3-4-9(11)12/h3-5,7,10,13,15H,6H2,1-2H3. The van der Waals surface area contributed by atoms with Crippen molar-refractivity contribution in [1.29, 1.82) is 0 Å². The molecule has 9 heteroatoms. The van der Waals surface area contributed by atoms with E-state index in [9.17, 15) is 23.6 Å². The summed E-state index contributed by atoms with van der Waals surface area (Å²) in [4.78, 5) is 9.56. The molecule has 1 rings (SSSR count). The minimum absolute atomic E-state index is 0.123. The highest BCUT2D eigenvalue weighted by Gasteiger charge is 2.22. The zero-order chi connectivity index (χ0) is 15.5. The summed E-state index contributed by atoms with van der Waals surface area (Å²) in [6.07, 6.45) is -0.859. The van der Waals surface area contributed by atoms with Crippen molar-refractivity contribution in [2.75, 3.05) is 6.54 Å². The van der Waals surface area contributed by atoms with Crippen LogP contribution in [0.4, 0.5) is 5.69 Å². The van der Waals surface area contributed by atoms with Crippen LogP contribution in [-0.4, -0.2) is 31.1 Å². The first-order valence-electron chi connectivity index (χ1n) is 5.77. The van der Waals surface area contributed by atoms with Gasteiger partial charge in [-0.05, 0) is 12.0 Å². The summed E-state index contributed by atoms with van der Waals surface area (Å²) in [6, 6.07) is 3.14. The van der Waals surface area contributed by atoms with Crippen LogP contribution in [0.1, 0.15) is 13.8 Å². The lowest BCUT2D eigenvalue weighted by molar-refractivity contribution is -0.385. The van der Waals surface area contributed by atoms with Gasteiger partial charge in [-0.3, -0.25) is 10.1 Å². The Bertz CT molecular complexity index is 603. The van der Waals surface area contributed by atoms with Gasteiger partial charge in [-0.15, -0.1) is 0 Å². The normalized spacial score (nSPS) is 13.4. The molecule has 0 saturated carbocycles. The summed E-state index contributed by atoms with van der Waals surface area (Å²) in [7, 11) is -4.02. The Morgan fingerprint density at radius 2 is 2.05 bits per heavy atom. The van der Waals surface area contributed by atoms with Crippen molar-refractivity contribution in [2.45, 2.75) is 24.8 Å². The van der Waals surface area contributed by atoms with Gasteiger partial charge in [-0.25, -0.2) is 13.1 Å². The summed E-state index contributed by atoms with van der Waals surface area (Å²) in [5, 5.41) is 20.1. The first-order chi connectivity index (χ1) is 9.15. The number of nitro benzene ring substituents is 1. The Labute approximate surface area is 121 Å². The largest absolute Gasteiger partial charge is 0.391 e. The van der Waals surface area contributed by atoms with Gasteiger partial charge in [-0.2, -0.15) is 0 Å². The average molecular weight is 323 g/mol. The molecule has 0 aliphatic rings. The van der Waals surface area contributed by atoms with Gasteiger partial charge in [0.05, 0.1) is 16.0 Å². The Morgan fingerprint density at radius 1 is 1.45 bits per heavy atom. The average Bonchev–Trinajstić information content (AvgIpc) is 2.35. The number of hydrogen-bond donors (Lipinski definition) is 2. The molecule has 0 bridgehead atoms. The summed E-state index contributed by atoms with van der Waals surface area (Å²) in [5.74, 6) is -0.127. The number of non-ortho nitro benzene ring substituents is 1. The van der Waals surface area contributed by atoms with Crippen LogP contribution >= 0.6 is 11.6 Å². The number of aliphatic hydroxyl groups excluding tert-OH is 1. The van der Waals surface area contributed by atoms with E-state index in [-0.39, 0.29) is 28.1 Å². The SMILES string of the molecule is CC(C)C(O)CNS(=O)(=O)c1cc([N+](=O)[O-])ccc1Cl. The van der Waals surface area contributed by atoms with Crippen LogP contribution in [0.3, 0.4) is 0 Å². The molecule has 0 amide bonds. The van der Waals surface area contributed by atoms with Gasteiger partial charge in [0.15, 0.2) is 0 Å². The zero-order valence-electron chi connectivity index (χ0n) is 10.9. The Balaban J connectivity index is 3.03. The molecule has 0 aromatic heterocycles. The number of benzene rings is 1. The molecule has 112 valence electrons. The summed E-state index contributed by atoms with van der Waals surface area (Å²) >= 11 is 5.76. The summed E-state index contributed by atoms with van der Waals surface area (Å²) < 4.78 is 26.2. The molecule has 20 heavy (non-hydrogen) atoms. The minimum Gasteiger partial charge on any atom is -0.391 e. The number of rotatable bonds is 6. The second kappa shape index (κ2) is 6.49. The van der Waals surface area contributed by atoms with E-state index in [0.29, 0.717) is 0 Å². The van der Waals surface area contributed by atoms with Gasteiger partial charge in [0.25, 0.3) is 5.69 Å². The molecule has 0 saturated heterocycles. The lowest BCUT2D eigenvalue weighted by Crippen LogP contribution is -2.34. The molecule has 0 spiro atoms. The minimum atomic E-state index is -4.02. The number of sulfonamides is 1. The van der Waals surface area contributed by atoms with Crippen LogP contribution in [0.2, 0.25) is 5.02 Å². The molecule has 1 aromatic carbocycles. The Hall–Kier alpha value is -1.22. The van der Waals surface area contributed by atoms with Gasteiger partial charge >= 0.3 is 0 Å². The van der Waals surface area contributed by atoms with Crippen molar-refractivity contribution in [3.63, 3.8) is 0 Å². The fourth-order valence-corrected chi connectivity index (χ4v) is 2.89. The molecule has 0 fully saturated rings. The number of nitrogens with zero attached hydrogens (tertiary/aromatic N) is 1. The molecule has 1 unspecified atom stereocenters. The first-order valence-corrected chi connectivity index (χ1v) is 7.63. The highest BCUT2D eigenvalue weighted by atomic mass is 35.5. The highest BCUT2D eigenvalue weighted by molar-refractivity contribution is 7.89. The molecular formula is C11H15ClN2O5S.